The van der Waals surface area contributed by atoms with E-state index in [4.69, 9.17) is 4.74 Å². The minimum atomic E-state index is -0.0918. The number of esters is 1. The van der Waals surface area contributed by atoms with Gasteiger partial charge in [0, 0.05) is 32.6 Å². The van der Waals surface area contributed by atoms with Crippen molar-refractivity contribution in [2.45, 2.75) is 45.1 Å². The van der Waals surface area contributed by atoms with Gasteiger partial charge in [-0.1, -0.05) is 36.8 Å². The lowest BCUT2D eigenvalue weighted by Gasteiger charge is -2.23. The van der Waals surface area contributed by atoms with E-state index in [2.05, 4.69) is 15.5 Å². The van der Waals surface area contributed by atoms with Crippen LogP contribution in [0, 0.1) is 0 Å². The number of nitrogens with zero attached hydrogens (tertiary/aromatic N) is 1. The van der Waals surface area contributed by atoms with E-state index in [-0.39, 0.29) is 5.97 Å². The molecule has 0 aliphatic carbocycles. The van der Waals surface area contributed by atoms with E-state index < -0.39 is 0 Å². The Morgan fingerprint density at radius 1 is 0.923 bits per heavy atom. The van der Waals surface area contributed by atoms with Crippen LogP contribution in [0.25, 0.3) is 0 Å². The van der Waals surface area contributed by atoms with Crippen molar-refractivity contribution in [3.05, 3.63) is 35.9 Å². The number of hydrogen-bond acceptors (Lipinski definition) is 5. The first-order valence-corrected chi connectivity index (χ1v) is 10.2. The van der Waals surface area contributed by atoms with Crippen molar-refractivity contribution in [1.82, 2.24) is 15.5 Å². The van der Waals surface area contributed by atoms with Crippen molar-refractivity contribution in [1.29, 1.82) is 0 Å². The van der Waals surface area contributed by atoms with Crippen molar-refractivity contribution < 1.29 is 9.53 Å². The normalized spacial score (nSPS) is 17.8. The van der Waals surface area contributed by atoms with Gasteiger partial charge < -0.3 is 20.3 Å². The van der Waals surface area contributed by atoms with Crippen LogP contribution in [-0.2, 0) is 16.1 Å². The molecule has 0 saturated carbocycles. The van der Waals surface area contributed by atoms with Gasteiger partial charge in [0.1, 0.15) is 6.61 Å². The Kier molecular flexibility index (Phi) is 11.0. The zero-order chi connectivity index (χ0) is 18.3. The SMILES string of the molecule is O=C(CCCCN1CCNCCCCCNCC1)OCc1ccccc1. The minimum absolute atomic E-state index is 0.0918. The third kappa shape index (κ3) is 9.90. The van der Waals surface area contributed by atoms with Crippen molar-refractivity contribution in [3.8, 4) is 0 Å². The van der Waals surface area contributed by atoms with Crippen LogP contribution >= 0.6 is 0 Å². The maximum absolute atomic E-state index is 11.9. The summed E-state index contributed by atoms with van der Waals surface area (Å²) in [5, 5.41) is 7.08. The average Bonchev–Trinajstić information content (AvgIpc) is 2.66. The molecule has 1 aromatic carbocycles. The van der Waals surface area contributed by atoms with Gasteiger partial charge in [-0.15, -0.1) is 0 Å². The molecule has 1 saturated heterocycles. The maximum atomic E-state index is 11.9. The molecular formula is C21H35N3O2. The molecular weight excluding hydrogens is 326 g/mol. The number of ether oxygens (including phenoxy) is 1. The molecule has 1 aliphatic heterocycles. The Labute approximate surface area is 158 Å². The van der Waals surface area contributed by atoms with E-state index in [0.29, 0.717) is 13.0 Å². The predicted molar refractivity (Wildman–Crippen MR) is 106 cm³/mol. The first kappa shape index (κ1) is 20.9. The van der Waals surface area contributed by atoms with E-state index in [0.717, 1.165) is 64.2 Å². The standard InChI is InChI=1S/C21H35N3O2/c25-21(26-19-20-9-3-1-4-10-20)11-5-8-16-24-17-14-22-12-6-2-7-13-23-15-18-24/h1,3-4,9-10,22-23H,2,5-8,11-19H2. The Morgan fingerprint density at radius 2 is 1.62 bits per heavy atom. The van der Waals surface area contributed by atoms with Gasteiger partial charge in [0.05, 0.1) is 0 Å². The summed E-state index contributed by atoms with van der Waals surface area (Å²) in [5.41, 5.74) is 1.04. The summed E-state index contributed by atoms with van der Waals surface area (Å²) >= 11 is 0. The van der Waals surface area contributed by atoms with Gasteiger partial charge in [-0.25, -0.2) is 0 Å². The highest BCUT2D eigenvalue weighted by Crippen LogP contribution is 2.05. The van der Waals surface area contributed by atoms with Crippen LogP contribution in [0.15, 0.2) is 30.3 Å². The molecule has 146 valence electrons. The molecule has 1 aromatic rings. The summed E-state index contributed by atoms with van der Waals surface area (Å²) in [6.07, 6.45) is 6.30. The highest BCUT2D eigenvalue weighted by Gasteiger charge is 2.07. The molecule has 1 aliphatic rings. The summed E-state index contributed by atoms with van der Waals surface area (Å²) in [6.45, 7) is 7.96. The second kappa shape index (κ2) is 13.7. The summed E-state index contributed by atoms with van der Waals surface area (Å²) in [4.78, 5) is 14.4. The van der Waals surface area contributed by atoms with Gasteiger partial charge in [0.2, 0.25) is 0 Å². The molecule has 26 heavy (non-hydrogen) atoms. The molecule has 2 N–H and O–H groups in total. The highest BCUT2D eigenvalue weighted by molar-refractivity contribution is 5.69. The van der Waals surface area contributed by atoms with E-state index >= 15 is 0 Å². The summed E-state index contributed by atoms with van der Waals surface area (Å²) in [7, 11) is 0. The van der Waals surface area contributed by atoms with Crippen molar-refractivity contribution in [2.75, 3.05) is 45.8 Å². The molecule has 0 radical (unpaired) electrons. The lowest BCUT2D eigenvalue weighted by Crippen LogP contribution is -2.38. The molecule has 1 heterocycles. The number of rotatable bonds is 7. The van der Waals surface area contributed by atoms with E-state index in [1.54, 1.807) is 0 Å². The van der Waals surface area contributed by atoms with Crippen molar-refractivity contribution >= 4 is 5.97 Å². The Hall–Kier alpha value is -1.43. The fraction of sp³-hybridized carbons (Fsp3) is 0.667. The van der Waals surface area contributed by atoms with Crippen LogP contribution in [0.4, 0.5) is 0 Å². The molecule has 1 fully saturated rings. The van der Waals surface area contributed by atoms with Crippen LogP contribution < -0.4 is 10.6 Å². The fourth-order valence-electron chi connectivity index (χ4n) is 3.15. The largest absolute Gasteiger partial charge is 0.461 e. The third-order valence-corrected chi connectivity index (χ3v) is 4.76. The molecule has 0 unspecified atom stereocenters. The zero-order valence-corrected chi connectivity index (χ0v) is 16.0. The second-order valence-electron chi connectivity index (χ2n) is 7.01. The molecule has 0 atom stereocenters. The maximum Gasteiger partial charge on any atom is 0.306 e. The van der Waals surface area contributed by atoms with Gasteiger partial charge in [-0.3, -0.25) is 4.79 Å². The molecule has 5 nitrogen and oxygen atoms in total. The van der Waals surface area contributed by atoms with Gasteiger partial charge in [-0.2, -0.15) is 0 Å². The molecule has 0 bridgehead atoms. The highest BCUT2D eigenvalue weighted by atomic mass is 16.5. The van der Waals surface area contributed by atoms with E-state index in [1.807, 2.05) is 30.3 Å². The minimum Gasteiger partial charge on any atom is -0.461 e. The van der Waals surface area contributed by atoms with Crippen LogP contribution in [0.2, 0.25) is 0 Å². The van der Waals surface area contributed by atoms with Crippen LogP contribution in [0.5, 0.6) is 0 Å². The monoisotopic (exact) mass is 361 g/mol. The third-order valence-electron chi connectivity index (χ3n) is 4.76. The molecule has 0 amide bonds. The Morgan fingerprint density at radius 3 is 2.31 bits per heavy atom. The Balaban J connectivity index is 1.56. The average molecular weight is 362 g/mol. The summed E-state index contributed by atoms with van der Waals surface area (Å²) in [6, 6.07) is 9.85. The Bertz CT molecular complexity index is 469. The van der Waals surface area contributed by atoms with Crippen LogP contribution in [0.1, 0.15) is 44.1 Å². The summed E-state index contributed by atoms with van der Waals surface area (Å²) < 4.78 is 5.34. The van der Waals surface area contributed by atoms with Gasteiger partial charge in [0.15, 0.2) is 0 Å². The van der Waals surface area contributed by atoms with E-state index in [9.17, 15) is 4.79 Å². The van der Waals surface area contributed by atoms with Gasteiger partial charge in [-0.05, 0) is 50.9 Å². The topological polar surface area (TPSA) is 53.6 Å². The lowest BCUT2D eigenvalue weighted by atomic mass is 10.2. The lowest BCUT2D eigenvalue weighted by molar-refractivity contribution is -0.145. The summed E-state index contributed by atoms with van der Waals surface area (Å²) in [5.74, 6) is -0.0918. The van der Waals surface area contributed by atoms with Crippen molar-refractivity contribution in [3.63, 3.8) is 0 Å². The first-order chi connectivity index (χ1) is 12.8. The number of hydrogen-bond donors (Lipinski definition) is 2. The van der Waals surface area contributed by atoms with Gasteiger partial charge >= 0.3 is 5.97 Å². The van der Waals surface area contributed by atoms with Crippen LogP contribution in [-0.4, -0.2) is 56.7 Å². The molecule has 0 spiro atoms. The zero-order valence-electron chi connectivity index (χ0n) is 16.0. The predicted octanol–water partition coefficient (Wildman–Crippen LogP) is 2.57. The number of benzene rings is 1. The number of carbonyl (C=O) groups is 1. The fourth-order valence-corrected chi connectivity index (χ4v) is 3.15. The molecule has 5 heteroatoms. The van der Waals surface area contributed by atoms with Crippen LogP contribution in [0.3, 0.4) is 0 Å². The number of unbranched alkanes of at least 4 members (excludes halogenated alkanes) is 1. The second-order valence-corrected chi connectivity index (χ2v) is 7.01. The quantitative estimate of drug-likeness (QED) is 0.577. The van der Waals surface area contributed by atoms with E-state index in [1.165, 1.54) is 19.3 Å². The molecule has 0 aromatic heterocycles. The smallest absolute Gasteiger partial charge is 0.306 e. The van der Waals surface area contributed by atoms with Crippen molar-refractivity contribution in [2.24, 2.45) is 0 Å². The molecule has 2 rings (SSSR count). The number of nitrogens with one attached hydrogen (secondary N) is 2. The van der Waals surface area contributed by atoms with Gasteiger partial charge in [0.25, 0.3) is 0 Å². The number of carbonyl (C=O) groups excluding carboxylic acids is 1. The first-order valence-electron chi connectivity index (χ1n) is 10.2.